The second-order valence-corrected chi connectivity index (χ2v) is 8.10. The van der Waals surface area contributed by atoms with E-state index in [1.807, 2.05) is 24.3 Å². The molecule has 0 radical (unpaired) electrons. The van der Waals surface area contributed by atoms with Crippen LogP contribution in [0.1, 0.15) is 44.6 Å². The zero-order chi connectivity index (χ0) is 24.7. The average molecular weight is 457 g/mol. The standard InChI is InChI=1S/C22H30N4OS.C2H2.CH4O/c1-15(22(2,3)4)25-20-13-18(27-5)12-10-16(20)9-11-17-7-6-8-19(26-17)21(23)24-14-28;2*1-2/h6-8,10,12-15,25H,9,11H2,1-5H3,(H2,23,24,28);1-2H;2H,1H3. The van der Waals surface area contributed by atoms with E-state index in [4.69, 9.17) is 27.8 Å². The maximum atomic E-state index is 7.00. The number of methoxy groups -OCH3 is 1. The molecule has 4 N–H and O–H groups in total. The highest BCUT2D eigenvalue weighted by molar-refractivity contribution is 7.78. The van der Waals surface area contributed by atoms with Crippen LogP contribution in [0.2, 0.25) is 0 Å². The fourth-order valence-corrected chi connectivity index (χ4v) is 2.75. The number of benzene rings is 1. The molecule has 0 spiro atoms. The Kier molecular flexibility index (Phi) is 13.6. The number of aliphatic imine (C=N–C) groups is 1. The van der Waals surface area contributed by atoms with Gasteiger partial charge in [0.25, 0.3) is 0 Å². The van der Waals surface area contributed by atoms with Crippen molar-refractivity contribution in [1.82, 2.24) is 4.98 Å². The molecule has 6 nitrogen and oxygen atoms in total. The van der Waals surface area contributed by atoms with Crippen molar-refractivity contribution in [1.29, 1.82) is 0 Å². The van der Waals surface area contributed by atoms with E-state index >= 15 is 0 Å². The van der Waals surface area contributed by atoms with Crippen molar-refractivity contribution < 1.29 is 9.84 Å². The van der Waals surface area contributed by atoms with Crippen molar-refractivity contribution in [3.8, 4) is 18.6 Å². The first kappa shape index (κ1) is 29.1. The lowest BCUT2D eigenvalue weighted by atomic mass is 9.87. The lowest BCUT2D eigenvalue weighted by molar-refractivity contribution is 0.359. The van der Waals surface area contributed by atoms with Gasteiger partial charge in [0.1, 0.15) is 17.3 Å². The molecule has 0 bridgehead atoms. The molecule has 0 saturated heterocycles. The SMILES string of the molecule is C#C.CO.COc1ccc(CCc2cccc(C(N)=NC=S)n2)c(NC(C)C(C)(C)C)c1. The van der Waals surface area contributed by atoms with Gasteiger partial charge in [0.2, 0.25) is 0 Å². The van der Waals surface area contributed by atoms with Gasteiger partial charge in [-0.05, 0) is 48.9 Å². The summed E-state index contributed by atoms with van der Waals surface area (Å²) < 4.78 is 5.41. The number of nitrogens with two attached hydrogens (primary N) is 1. The fourth-order valence-electron chi connectivity index (χ4n) is 2.63. The molecule has 1 heterocycles. The minimum absolute atomic E-state index is 0.148. The van der Waals surface area contributed by atoms with Gasteiger partial charge in [0.15, 0.2) is 0 Å². The maximum absolute atomic E-state index is 7.00. The summed E-state index contributed by atoms with van der Waals surface area (Å²) in [6.07, 6.45) is 9.65. The first-order valence-corrected chi connectivity index (χ1v) is 10.7. The van der Waals surface area contributed by atoms with Crippen LogP contribution in [0.5, 0.6) is 5.75 Å². The van der Waals surface area contributed by atoms with Crippen LogP contribution < -0.4 is 15.8 Å². The first-order chi connectivity index (χ1) is 15.2. The third kappa shape index (κ3) is 9.46. The number of ether oxygens (including phenoxy) is 1. The third-order valence-corrected chi connectivity index (χ3v) is 5.00. The third-order valence-electron chi connectivity index (χ3n) is 4.90. The highest BCUT2D eigenvalue weighted by Crippen LogP contribution is 2.28. The molecule has 0 fully saturated rings. The smallest absolute Gasteiger partial charge is 0.150 e. The number of nitrogens with zero attached hydrogens (tertiary/aromatic N) is 2. The van der Waals surface area contributed by atoms with Gasteiger partial charge in [0, 0.05) is 30.6 Å². The highest BCUT2D eigenvalue weighted by Gasteiger charge is 2.20. The number of terminal acetylenes is 1. The molecule has 7 heteroatoms. The second kappa shape index (κ2) is 15.0. The number of nitrogens with one attached hydrogen (secondary N) is 1. The largest absolute Gasteiger partial charge is 0.497 e. The monoisotopic (exact) mass is 456 g/mol. The van der Waals surface area contributed by atoms with Crippen LogP contribution in [0.25, 0.3) is 0 Å². The molecule has 1 aromatic carbocycles. The Hall–Kier alpha value is -2.95. The predicted octanol–water partition coefficient (Wildman–Crippen LogP) is 4.24. The lowest BCUT2D eigenvalue weighted by Gasteiger charge is -2.30. The summed E-state index contributed by atoms with van der Waals surface area (Å²) >= 11 is 4.73. The number of aryl methyl sites for hydroxylation is 2. The number of aromatic nitrogens is 1. The number of anilines is 1. The van der Waals surface area contributed by atoms with Crippen LogP contribution in [-0.4, -0.2) is 41.7 Å². The van der Waals surface area contributed by atoms with Crippen LogP contribution in [0.4, 0.5) is 5.69 Å². The summed E-state index contributed by atoms with van der Waals surface area (Å²) in [5.41, 5.74) is 11.2. The molecule has 2 aromatic rings. The quantitative estimate of drug-likeness (QED) is 0.238. The number of pyridine rings is 1. The summed E-state index contributed by atoms with van der Waals surface area (Å²) in [5, 5.41) is 10.7. The number of amidine groups is 1. The minimum atomic E-state index is 0.148. The van der Waals surface area contributed by atoms with E-state index in [1.54, 1.807) is 7.11 Å². The molecule has 0 amide bonds. The van der Waals surface area contributed by atoms with Crippen LogP contribution >= 0.6 is 12.2 Å². The molecule has 0 aliphatic rings. The van der Waals surface area contributed by atoms with Crippen molar-refractivity contribution in [2.45, 2.75) is 46.6 Å². The molecule has 0 aliphatic heterocycles. The zero-order valence-electron chi connectivity index (χ0n) is 19.9. The Balaban J connectivity index is 0.00000227. The van der Waals surface area contributed by atoms with Crippen molar-refractivity contribution >= 4 is 29.2 Å². The first-order valence-electron chi connectivity index (χ1n) is 10.2. The van der Waals surface area contributed by atoms with Crippen LogP contribution in [-0.2, 0) is 12.8 Å². The van der Waals surface area contributed by atoms with E-state index in [9.17, 15) is 0 Å². The molecule has 0 aliphatic carbocycles. The number of thiocarbonyl (C=S) groups is 1. The van der Waals surface area contributed by atoms with Gasteiger partial charge in [-0.25, -0.2) is 9.98 Å². The van der Waals surface area contributed by atoms with Crippen molar-refractivity contribution in [3.63, 3.8) is 0 Å². The van der Waals surface area contributed by atoms with Gasteiger partial charge in [-0.2, -0.15) is 0 Å². The summed E-state index contributed by atoms with van der Waals surface area (Å²) in [4.78, 5) is 8.54. The number of aliphatic hydroxyl groups excluding tert-OH is 1. The van der Waals surface area contributed by atoms with E-state index in [0.29, 0.717) is 17.6 Å². The number of hydrogen-bond donors (Lipinski definition) is 3. The fraction of sp³-hybridized carbons (Fsp3) is 0.400. The Bertz CT molecular complexity index is 889. The Morgan fingerprint density at radius 2 is 1.91 bits per heavy atom. The maximum Gasteiger partial charge on any atom is 0.150 e. The molecule has 2 rings (SSSR count). The molecule has 1 unspecified atom stereocenters. The van der Waals surface area contributed by atoms with E-state index in [1.165, 1.54) is 11.1 Å². The van der Waals surface area contributed by atoms with E-state index in [-0.39, 0.29) is 5.41 Å². The topological polar surface area (TPSA) is 92.8 Å². The van der Waals surface area contributed by atoms with Gasteiger partial charge in [-0.1, -0.05) is 45.1 Å². The van der Waals surface area contributed by atoms with Crippen LogP contribution in [0, 0.1) is 18.3 Å². The van der Waals surface area contributed by atoms with Gasteiger partial charge >= 0.3 is 0 Å². The highest BCUT2D eigenvalue weighted by atomic mass is 32.1. The van der Waals surface area contributed by atoms with Crippen molar-refractivity contribution in [3.05, 3.63) is 53.3 Å². The van der Waals surface area contributed by atoms with Gasteiger partial charge in [-0.3, -0.25) is 0 Å². The van der Waals surface area contributed by atoms with Crippen LogP contribution in [0.3, 0.4) is 0 Å². The number of aliphatic hydroxyl groups is 1. The van der Waals surface area contributed by atoms with E-state index in [0.717, 1.165) is 37.1 Å². The summed E-state index contributed by atoms with van der Waals surface area (Å²) in [6.45, 7) is 8.89. The molecule has 0 saturated carbocycles. The van der Waals surface area contributed by atoms with E-state index in [2.05, 4.69) is 68.0 Å². The summed E-state index contributed by atoms with van der Waals surface area (Å²) in [6, 6.07) is 12.3. The molecular weight excluding hydrogens is 420 g/mol. The Morgan fingerprint density at radius 3 is 2.47 bits per heavy atom. The van der Waals surface area contributed by atoms with Crippen molar-refractivity contribution in [2.24, 2.45) is 16.1 Å². The molecule has 32 heavy (non-hydrogen) atoms. The lowest BCUT2D eigenvalue weighted by Crippen LogP contribution is -2.31. The van der Waals surface area contributed by atoms with Gasteiger partial charge < -0.3 is 20.9 Å². The minimum Gasteiger partial charge on any atom is -0.497 e. The molecule has 1 atom stereocenters. The van der Waals surface area contributed by atoms with Gasteiger partial charge in [-0.15, -0.1) is 12.8 Å². The summed E-state index contributed by atoms with van der Waals surface area (Å²) in [7, 11) is 2.69. The molecular formula is C25H36N4O2S. The average Bonchev–Trinajstić information content (AvgIpc) is 2.80. The normalized spacial score (nSPS) is 11.7. The Labute approximate surface area is 198 Å². The summed E-state index contributed by atoms with van der Waals surface area (Å²) in [5.74, 6) is 1.18. The zero-order valence-corrected chi connectivity index (χ0v) is 20.7. The predicted molar refractivity (Wildman–Crippen MR) is 140 cm³/mol. The van der Waals surface area contributed by atoms with Crippen molar-refractivity contribution in [2.75, 3.05) is 19.5 Å². The van der Waals surface area contributed by atoms with Gasteiger partial charge in [0.05, 0.1) is 12.6 Å². The molecule has 174 valence electrons. The van der Waals surface area contributed by atoms with E-state index < -0.39 is 0 Å². The van der Waals surface area contributed by atoms with Crippen LogP contribution in [0.15, 0.2) is 41.4 Å². The molecule has 1 aromatic heterocycles. The number of rotatable bonds is 8. The second-order valence-electron chi connectivity index (χ2n) is 7.89. The number of hydrogen-bond acceptors (Lipinski definition) is 5. The Morgan fingerprint density at radius 1 is 1.25 bits per heavy atom.